The number of nitrogens with zero attached hydrogens (tertiary/aromatic N) is 2. The molecule has 0 aliphatic carbocycles. The summed E-state index contributed by atoms with van der Waals surface area (Å²) in [6.45, 7) is 2.53. The van der Waals surface area contributed by atoms with Crippen molar-refractivity contribution >= 4 is 28.5 Å². The lowest BCUT2D eigenvalue weighted by molar-refractivity contribution is 0.0938. The van der Waals surface area contributed by atoms with Crippen molar-refractivity contribution < 1.29 is 4.79 Å². The summed E-state index contributed by atoms with van der Waals surface area (Å²) in [5, 5.41) is 3.77. The second-order valence-corrected chi connectivity index (χ2v) is 7.10. The van der Waals surface area contributed by atoms with Crippen molar-refractivity contribution in [2.75, 3.05) is 0 Å². The van der Waals surface area contributed by atoms with Gasteiger partial charge in [-0.15, -0.1) is 0 Å². The molecule has 1 unspecified atom stereocenters. The van der Waals surface area contributed by atoms with Crippen LogP contribution in [0, 0.1) is 0 Å². The molecule has 140 valence electrons. The van der Waals surface area contributed by atoms with Crippen LogP contribution in [-0.2, 0) is 6.54 Å². The van der Waals surface area contributed by atoms with Crippen LogP contribution in [0.3, 0.4) is 0 Å². The van der Waals surface area contributed by atoms with Crippen LogP contribution in [0.25, 0.3) is 11.0 Å². The van der Waals surface area contributed by atoms with E-state index in [9.17, 15) is 4.79 Å². The fourth-order valence-corrected chi connectivity index (χ4v) is 3.52. The Bertz CT molecular complexity index is 1120. The van der Waals surface area contributed by atoms with Crippen LogP contribution in [0.2, 0.25) is 5.02 Å². The highest BCUT2D eigenvalue weighted by Crippen LogP contribution is 2.25. The lowest BCUT2D eigenvalue weighted by atomic mass is 10.2. The maximum absolute atomic E-state index is 12.6. The molecule has 0 saturated carbocycles. The SMILES string of the molecule is CC(NC(=O)c1ccccc1)c1nc2ccccc2n1Cc1ccccc1Cl. The van der Waals surface area contributed by atoms with Crippen molar-refractivity contribution in [3.05, 3.63) is 101 Å². The van der Waals surface area contributed by atoms with Gasteiger partial charge in [0.15, 0.2) is 0 Å². The zero-order valence-corrected chi connectivity index (χ0v) is 16.2. The topological polar surface area (TPSA) is 46.9 Å². The van der Waals surface area contributed by atoms with Gasteiger partial charge in [0.2, 0.25) is 0 Å². The summed E-state index contributed by atoms with van der Waals surface area (Å²) in [5.41, 5.74) is 3.54. The van der Waals surface area contributed by atoms with Crippen LogP contribution in [0.1, 0.15) is 34.7 Å². The van der Waals surface area contributed by atoms with Crippen LogP contribution in [-0.4, -0.2) is 15.5 Å². The van der Waals surface area contributed by atoms with Gasteiger partial charge in [0.25, 0.3) is 5.91 Å². The predicted octanol–water partition coefficient (Wildman–Crippen LogP) is 5.23. The van der Waals surface area contributed by atoms with E-state index in [1.165, 1.54) is 0 Å². The summed E-state index contributed by atoms with van der Waals surface area (Å²) in [4.78, 5) is 17.4. The number of hydrogen-bond acceptors (Lipinski definition) is 2. The lowest BCUT2D eigenvalue weighted by Gasteiger charge is -2.17. The Hall–Kier alpha value is -3.11. The van der Waals surface area contributed by atoms with Crippen LogP contribution in [0.5, 0.6) is 0 Å². The first kappa shape index (κ1) is 18.3. The van der Waals surface area contributed by atoms with Crippen molar-refractivity contribution in [3.8, 4) is 0 Å². The summed E-state index contributed by atoms with van der Waals surface area (Å²) in [5.74, 6) is 0.676. The van der Waals surface area contributed by atoms with Gasteiger partial charge in [-0.3, -0.25) is 4.79 Å². The molecule has 1 atom stereocenters. The molecule has 4 rings (SSSR count). The molecule has 0 aliphatic heterocycles. The van der Waals surface area contributed by atoms with Crippen molar-refractivity contribution in [2.45, 2.75) is 19.5 Å². The van der Waals surface area contributed by atoms with Crippen molar-refractivity contribution in [3.63, 3.8) is 0 Å². The molecule has 4 nitrogen and oxygen atoms in total. The standard InChI is InChI=1S/C23H20ClN3O/c1-16(25-23(28)17-9-3-2-4-10-17)22-26-20-13-7-8-14-21(20)27(22)15-18-11-5-6-12-19(18)24/h2-14,16H,15H2,1H3,(H,25,28). The van der Waals surface area contributed by atoms with Crippen LogP contribution in [0.15, 0.2) is 78.9 Å². The van der Waals surface area contributed by atoms with Crippen LogP contribution in [0.4, 0.5) is 0 Å². The Morgan fingerprint density at radius 1 is 1.00 bits per heavy atom. The van der Waals surface area contributed by atoms with E-state index in [1.54, 1.807) is 12.1 Å². The first-order chi connectivity index (χ1) is 13.6. The van der Waals surface area contributed by atoms with Gasteiger partial charge in [-0.25, -0.2) is 4.98 Å². The van der Waals surface area contributed by atoms with E-state index in [-0.39, 0.29) is 11.9 Å². The van der Waals surface area contributed by atoms with E-state index >= 15 is 0 Å². The molecule has 0 bridgehead atoms. The molecule has 28 heavy (non-hydrogen) atoms. The highest BCUT2D eigenvalue weighted by Gasteiger charge is 2.19. The second kappa shape index (κ2) is 7.87. The minimum Gasteiger partial charge on any atom is -0.342 e. The number of amides is 1. The number of imidazole rings is 1. The quantitative estimate of drug-likeness (QED) is 0.508. The van der Waals surface area contributed by atoms with Gasteiger partial charge in [-0.05, 0) is 42.8 Å². The Labute approximate surface area is 168 Å². The Morgan fingerprint density at radius 2 is 1.68 bits per heavy atom. The van der Waals surface area contributed by atoms with Gasteiger partial charge >= 0.3 is 0 Å². The maximum Gasteiger partial charge on any atom is 0.251 e. The van der Waals surface area contributed by atoms with Crippen molar-refractivity contribution in [2.24, 2.45) is 0 Å². The Balaban J connectivity index is 1.70. The van der Waals surface area contributed by atoms with E-state index < -0.39 is 0 Å². The third-order valence-electron chi connectivity index (χ3n) is 4.74. The summed E-state index contributed by atoms with van der Waals surface area (Å²) in [7, 11) is 0. The zero-order valence-electron chi connectivity index (χ0n) is 15.5. The molecule has 3 aromatic carbocycles. The lowest BCUT2D eigenvalue weighted by Crippen LogP contribution is -2.28. The number of halogens is 1. The molecular formula is C23H20ClN3O. The smallest absolute Gasteiger partial charge is 0.251 e. The Kier molecular flexibility index (Phi) is 5.13. The summed E-state index contributed by atoms with van der Waals surface area (Å²) >= 11 is 6.39. The van der Waals surface area contributed by atoms with Gasteiger partial charge in [-0.2, -0.15) is 0 Å². The number of aromatic nitrogens is 2. The highest BCUT2D eigenvalue weighted by atomic mass is 35.5. The van der Waals surface area contributed by atoms with Crippen molar-refractivity contribution in [1.29, 1.82) is 0 Å². The first-order valence-corrected chi connectivity index (χ1v) is 9.56. The van der Waals surface area contributed by atoms with E-state index in [1.807, 2.05) is 73.7 Å². The fourth-order valence-electron chi connectivity index (χ4n) is 3.32. The monoisotopic (exact) mass is 389 g/mol. The minimum atomic E-state index is -0.261. The Morgan fingerprint density at radius 3 is 2.46 bits per heavy atom. The number of rotatable bonds is 5. The number of carbonyl (C=O) groups is 1. The number of benzene rings is 3. The number of nitrogens with one attached hydrogen (secondary N) is 1. The van der Waals surface area contributed by atoms with Gasteiger partial charge in [0.05, 0.1) is 23.6 Å². The molecular weight excluding hydrogens is 370 g/mol. The molecule has 1 aromatic heterocycles. The number of hydrogen-bond donors (Lipinski definition) is 1. The highest BCUT2D eigenvalue weighted by molar-refractivity contribution is 6.31. The van der Waals surface area contributed by atoms with E-state index in [0.717, 1.165) is 22.4 Å². The third kappa shape index (κ3) is 3.64. The van der Waals surface area contributed by atoms with E-state index in [2.05, 4.69) is 9.88 Å². The molecule has 0 aliphatic rings. The van der Waals surface area contributed by atoms with Gasteiger partial charge in [0.1, 0.15) is 5.82 Å². The molecule has 0 spiro atoms. The number of para-hydroxylation sites is 2. The van der Waals surface area contributed by atoms with Crippen molar-refractivity contribution in [1.82, 2.24) is 14.9 Å². The molecule has 1 heterocycles. The molecule has 1 N–H and O–H groups in total. The van der Waals surface area contributed by atoms with Gasteiger partial charge < -0.3 is 9.88 Å². The summed E-state index contributed by atoms with van der Waals surface area (Å²) in [6.07, 6.45) is 0. The van der Waals surface area contributed by atoms with E-state index in [0.29, 0.717) is 17.1 Å². The molecule has 1 amide bonds. The fraction of sp³-hybridized carbons (Fsp3) is 0.130. The minimum absolute atomic E-state index is 0.121. The normalized spacial score (nSPS) is 12.1. The molecule has 0 saturated heterocycles. The summed E-state index contributed by atoms with van der Waals surface area (Å²) < 4.78 is 2.12. The van der Waals surface area contributed by atoms with Gasteiger partial charge in [0, 0.05) is 10.6 Å². The number of carbonyl (C=O) groups excluding carboxylic acids is 1. The summed E-state index contributed by atoms with van der Waals surface area (Å²) in [6, 6.07) is 24.7. The second-order valence-electron chi connectivity index (χ2n) is 6.70. The average molecular weight is 390 g/mol. The zero-order chi connectivity index (χ0) is 19.5. The molecule has 5 heteroatoms. The van der Waals surface area contributed by atoms with E-state index in [4.69, 9.17) is 16.6 Å². The first-order valence-electron chi connectivity index (χ1n) is 9.18. The largest absolute Gasteiger partial charge is 0.342 e. The van der Waals surface area contributed by atoms with Crippen LogP contribution >= 0.6 is 11.6 Å². The maximum atomic E-state index is 12.6. The third-order valence-corrected chi connectivity index (χ3v) is 5.11. The van der Waals surface area contributed by atoms with Crippen LogP contribution < -0.4 is 5.32 Å². The molecule has 0 fully saturated rings. The average Bonchev–Trinajstić information content (AvgIpc) is 3.09. The predicted molar refractivity (Wildman–Crippen MR) is 113 cm³/mol. The van der Waals surface area contributed by atoms with Gasteiger partial charge in [-0.1, -0.05) is 60.1 Å². The molecule has 0 radical (unpaired) electrons. The number of fused-ring (bicyclic) bond motifs is 1. The molecule has 4 aromatic rings.